The molecule has 0 aliphatic heterocycles. The lowest BCUT2D eigenvalue weighted by Crippen LogP contribution is -2.52. The first-order chi connectivity index (χ1) is 15.9. The molecule has 7 nitrogen and oxygen atoms in total. The summed E-state index contributed by atoms with van der Waals surface area (Å²) in [7, 11) is -3.73. The number of aryl methyl sites for hydroxylation is 2. The molecule has 2 aromatic rings. The SMILES string of the molecule is CC[C@@H](C(=O)NCC(C)C)N(Cc1ccc(C)cc1)C(=O)CN(c1ccc(C)cc1)S(C)(=O)=O. The molecular weight excluding hydrogens is 450 g/mol. The quantitative estimate of drug-likeness (QED) is 0.524. The summed E-state index contributed by atoms with van der Waals surface area (Å²) in [5.41, 5.74) is 3.35. The van der Waals surface area contributed by atoms with Gasteiger partial charge in [0.25, 0.3) is 0 Å². The number of benzene rings is 2. The van der Waals surface area contributed by atoms with Gasteiger partial charge in [-0.2, -0.15) is 0 Å². The zero-order valence-corrected chi connectivity index (χ0v) is 21.9. The van der Waals surface area contributed by atoms with Gasteiger partial charge in [0, 0.05) is 13.1 Å². The maximum atomic E-state index is 13.6. The minimum atomic E-state index is -3.73. The lowest BCUT2D eigenvalue weighted by molar-refractivity contribution is -0.140. The first-order valence-electron chi connectivity index (χ1n) is 11.6. The fourth-order valence-corrected chi connectivity index (χ4v) is 4.41. The van der Waals surface area contributed by atoms with Gasteiger partial charge in [0.2, 0.25) is 21.8 Å². The molecule has 0 aliphatic carbocycles. The molecule has 0 spiro atoms. The minimum absolute atomic E-state index is 0.207. The van der Waals surface area contributed by atoms with E-state index < -0.39 is 22.0 Å². The molecule has 1 N–H and O–H groups in total. The number of sulfonamides is 1. The van der Waals surface area contributed by atoms with Gasteiger partial charge in [0.05, 0.1) is 11.9 Å². The Labute approximate surface area is 204 Å². The standard InChI is InChI=1S/C26H37N3O4S/c1-7-24(26(31)27-16-19(2)3)28(17-22-12-8-20(4)9-13-22)25(30)18-29(34(6,32)33)23-14-10-21(5)11-15-23/h8-15,19,24H,7,16-18H2,1-6H3,(H,27,31)/t24-/m0/s1. The molecule has 0 aliphatic rings. The lowest BCUT2D eigenvalue weighted by Gasteiger charge is -2.33. The number of amides is 2. The predicted octanol–water partition coefficient (Wildman–Crippen LogP) is 3.65. The molecule has 0 unspecified atom stereocenters. The van der Waals surface area contributed by atoms with E-state index >= 15 is 0 Å². The van der Waals surface area contributed by atoms with Gasteiger partial charge < -0.3 is 10.2 Å². The van der Waals surface area contributed by atoms with Crippen molar-refractivity contribution in [2.75, 3.05) is 23.7 Å². The molecule has 0 radical (unpaired) electrons. The third kappa shape index (κ3) is 7.87. The summed E-state index contributed by atoms with van der Waals surface area (Å²) in [6, 6.07) is 14.0. The van der Waals surface area contributed by atoms with E-state index in [0.717, 1.165) is 27.3 Å². The molecule has 0 aromatic heterocycles. The Morgan fingerprint density at radius 3 is 1.94 bits per heavy atom. The van der Waals surface area contributed by atoms with Crippen molar-refractivity contribution in [3.8, 4) is 0 Å². The minimum Gasteiger partial charge on any atom is -0.354 e. The molecular formula is C26H37N3O4S. The third-order valence-electron chi connectivity index (χ3n) is 5.55. The Bertz CT molecular complexity index is 1060. The van der Waals surface area contributed by atoms with Crippen LogP contribution in [0.2, 0.25) is 0 Å². The van der Waals surface area contributed by atoms with Crippen LogP contribution in [0.1, 0.15) is 43.9 Å². The summed E-state index contributed by atoms with van der Waals surface area (Å²) in [6.07, 6.45) is 1.49. The number of anilines is 1. The molecule has 2 rings (SSSR count). The van der Waals surface area contributed by atoms with E-state index in [4.69, 9.17) is 0 Å². The number of hydrogen-bond acceptors (Lipinski definition) is 4. The van der Waals surface area contributed by atoms with E-state index in [1.54, 1.807) is 24.3 Å². The summed E-state index contributed by atoms with van der Waals surface area (Å²) in [5, 5.41) is 2.92. The highest BCUT2D eigenvalue weighted by Crippen LogP contribution is 2.20. The van der Waals surface area contributed by atoms with Crippen LogP contribution in [0.3, 0.4) is 0 Å². The van der Waals surface area contributed by atoms with Crippen LogP contribution in [0.15, 0.2) is 48.5 Å². The van der Waals surface area contributed by atoms with Crippen LogP contribution in [-0.4, -0.2) is 50.5 Å². The number of rotatable bonds is 11. The Morgan fingerprint density at radius 2 is 1.47 bits per heavy atom. The molecule has 34 heavy (non-hydrogen) atoms. The van der Waals surface area contributed by atoms with Gasteiger partial charge in [0.15, 0.2) is 0 Å². The van der Waals surface area contributed by atoms with Crippen molar-refractivity contribution >= 4 is 27.5 Å². The fourth-order valence-electron chi connectivity index (χ4n) is 3.56. The Balaban J connectivity index is 2.39. The first-order valence-corrected chi connectivity index (χ1v) is 13.4. The molecule has 0 heterocycles. The molecule has 0 saturated heterocycles. The number of nitrogens with one attached hydrogen (secondary N) is 1. The molecule has 186 valence electrons. The third-order valence-corrected chi connectivity index (χ3v) is 6.69. The van der Waals surface area contributed by atoms with E-state index in [2.05, 4.69) is 5.32 Å². The second-order valence-corrected chi connectivity index (χ2v) is 11.1. The second kappa shape index (κ2) is 12.0. The van der Waals surface area contributed by atoms with Crippen LogP contribution < -0.4 is 9.62 Å². The number of carbonyl (C=O) groups excluding carboxylic acids is 2. The van der Waals surface area contributed by atoms with Gasteiger partial charge in [-0.05, 0) is 43.9 Å². The number of nitrogens with zero attached hydrogens (tertiary/aromatic N) is 2. The van der Waals surface area contributed by atoms with Gasteiger partial charge in [-0.1, -0.05) is 68.3 Å². The van der Waals surface area contributed by atoms with E-state index in [9.17, 15) is 18.0 Å². The van der Waals surface area contributed by atoms with Crippen LogP contribution in [0.5, 0.6) is 0 Å². The molecule has 2 amide bonds. The van der Waals surface area contributed by atoms with Crippen molar-refractivity contribution in [1.29, 1.82) is 0 Å². The van der Waals surface area contributed by atoms with Crippen molar-refractivity contribution in [3.63, 3.8) is 0 Å². The van der Waals surface area contributed by atoms with Gasteiger partial charge in [-0.3, -0.25) is 13.9 Å². The van der Waals surface area contributed by atoms with Crippen LogP contribution in [0.4, 0.5) is 5.69 Å². The number of hydrogen-bond donors (Lipinski definition) is 1. The van der Waals surface area contributed by atoms with Crippen molar-refractivity contribution in [1.82, 2.24) is 10.2 Å². The maximum absolute atomic E-state index is 13.6. The molecule has 0 saturated carbocycles. The van der Waals surface area contributed by atoms with Crippen LogP contribution in [0.25, 0.3) is 0 Å². The monoisotopic (exact) mass is 487 g/mol. The zero-order chi connectivity index (χ0) is 25.5. The Morgan fingerprint density at radius 1 is 0.941 bits per heavy atom. The average Bonchev–Trinajstić information content (AvgIpc) is 2.77. The Kier molecular flexibility index (Phi) is 9.67. The first kappa shape index (κ1) is 27.4. The van der Waals surface area contributed by atoms with Crippen molar-refractivity contribution in [3.05, 3.63) is 65.2 Å². The molecule has 0 bridgehead atoms. The van der Waals surface area contributed by atoms with Gasteiger partial charge in [-0.25, -0.2) is 8.42 Å². The second-order valence-electron chi connectivity index (χ2n) is 9.18. The normalized spacial score (nSPS) is 12.3. The van der Waals surface area contributed by atoms with Crippen LogP contribution in [0, 0.1) is 19.8 Å². The van der Waals surface area contributed by atoms with Gasteiger partial charge >= 0.3 is 0 Å². The predicted molar refractivity (Wildman–Crippen MR) is 137 cm³/mol. The summed E-state index contributed by atoms with van der Waals surface area (Å²) < 4.78 is 26.3. The van der Waals surface area contributed by atoms with Gasteiger partial charge in [-0.15, -0.1) is 0 Å². The Hall–Kier alpha value is -2.87. The van der Waals surface area contributed by atoms with Crippen LogP contribution in [-0.2, 0) is 26.2 Å². The highest BCUT2D eigenvalue weighted by atomic mass is 32.2. The van der Waals surface area contributed by atoms with Crippen molar-refractivity contribution in [2.24, 2.45) is 5.92 Å². The lowest BCUT2D eigenvalue weighted by atomic mass is 10.1. The largest absolute Gasteiger partial charge is 0.354 e. The molecule has 0 fully saturated rings. The average molecular weight is 488 g/mol. The van der Waals surface area contributed by atoms with E-state index in [1.165, 1.54) is 4.90 Å². The smallest absolute Gasteiger partial charge is 0.244 e. The highest BCUT2D eigenvalue weighted by Gasteiger charge is 2.31. The molecule has 1 atom stereocenters. The van der Waals surface area contributed by atoms with Gasteiger partial charge in [0.1, 0.15) is 12.6 Å². The van der Waals surface area contributed by atoms with Crippen molar-refractivity contribution < 1.29 is 18.0 Å². The fraction of sp³-hybridized carbons (Fsp3) is 0.462. The summed E-state index contributed by atoms with van der Waals surface area (Å²) in [6.45, 7) is 10.1. The van der Waals surface area contributed by atoms with E-state index in [1.807, 2.05) is 58.9 Å². The summed E-state index contributed by atoms with van der Waals surface area (Å²) >= 11 is 0. The van der Waals surface area contributed by atoms with Crippen molar-refractivity contribution in [2.45, 2.75) is 53.6 Å². The van der Waals surface area contributed by atoms with Crippen LogP contribution >= 0.6 is 0 Å². The molecule has 8 heteroatoms. The number of carbonyl (C=O) groups is 2. The van der Waals surface area contributed by atoms with E-state index in [-0.39, 0.29) is 24.9 Å². The highest BCUT2D eigenvalue weighted by molar-refractivity contribution is 7.92. The molecule has 2 aromatic carbocycles. The summed E-state index contributed by atoms with van der Waals surface area (Å²) in [4.78, 5) is 28.1. The zero-order valence-electron chi connectivity index (χ0n) is 21.0. The maximum Gasteiger partial charge on any atom is 0.244 e. The van der Waals surface area contributed by atoms with E-state index in [0.29, 0.717) is 18.7 Å². The topological polar surface area (TPSA) is 86.8 Å². The summed E-state index contributed by atoms with van der Waals surface area (Å²) in [5.74, 6) is -0.402.